The van der Waals surface area contributed by atoms with Gasteiger partial charge in [0.1, 0.15) is 11.9 Å². The summed E-state index contributed by atoms with van der Waals surface area (Å²) in [5.41, 5.74) is 2.48. The molecular formula is C25H32N4O6S. The molecule has 1 aromatic heterocycles. The van der Waals surface area contributed by atoms with Gasteiger partial charge in [-0.3, -0.25) is 14.3 Å². The monoisotopic (exact) mass is 516 g/mol. The molecule has 2 unspecified atom stereocenters. The number of hydrogen-bond donors (Lipinski definition) is 2. The van der Waals surface area contributed by atoms with Crippen molar-refractivity contribution in [1.82, 2.24) is 10.3 Å². The van der Waals surface area contributed by atoms with Crippen molar-refractivity contribution in [2.45, 2.75) is 69.9 Å². The Bertz CT molecular complexity index is 1200. The summed E-state index contributed by atoms with van der Waals surface area (Å²) in [7, 11) is -3.73. The molecule has 1 amide bonds. The van der Waals surface area contributed by atoms with Gasteiger partial charge in [0, 0.05) is 18.2 Å². The maximum absolute atomic E-state index is 12.6. The summed E-state index contributed by atoms with van der Waals surface area (Å²) in [6, 6.07) is 11.4. The van der Waals surface area contributed by atoms with Crippen molar-refractivity contribution < 1.29 is 27.6 Å². The number of aryl methyl sites for hydroxylation is 2. The van der Waals surface area contributed by atoms with Crippen LogP contribution in [0.2, 0.25) is 0 Å². The molecule has 0 bridgehead atoms. The molecule has 0 aliphatic carbocycles. The fourth-order valence-corrected chi connectivity index (χ4v) is 4.67. The Kier molecular flexibility index (Phi) is 9.40. The van der Waals surface area contributed by atoms with E-state index in [-0.39, 0.29) is 47.6 Å². The minimum absolute atomic E-state index is 0.111. The van der Waals surface area contributed by atoms with Gasteiger partial charge in [0.2, 0.25) is 5.91 Å². The second-order valence-electron chi connectivity index (χ2n) is 8.70. The van der Waals surface area contributed by atoms with Gasteiger partial charge in [-0.05, 0) is 57.9 Å². The van der Waals surface area contributed by atoms with Crippen LogP contribution in [-0.4, -0.2) is 49.7 Å². The lowest BCUT2D eigenvalue weighted by molar-refractivity contribution is -0.143. The Balaban J connectivity index is 1.45. The van der Waals surface area contributed by atoms with Gasteiger partial charge in [0.15, 0.2) is 0 Å². The van der Waals surface area contributed by atoms with Gasteiger partial charge in [-0.15, -0.1) is 0 Å². The van der Waals surface area contributed by atoms with Crippen molar-refractivity contribution in [1.29, 1.82) is 0 Å². The number of oxime groups is 1. The molecule has 194 valence electrons. The van der Waals surface area contributed by atoms with Gasteiger partial charge in [-0.2, -0.15) is 0 Å². The number of nitrogens with zero attached hydrogens (tertiary/aromatic N) is 2. The average Bonchev–Trinajstić information content (AvgIpc) is 3.25. The molecule has 10 nitrogen and oxygen atoms in total. The largest absolute Gasteiger partial charge is 0.466 e. The van der Waals surface area contributed by atoms with Crippen LogP contribution in [0.1, 0.15) is 50.8 Å². The minimum atomic E-state index is -3.73. The van der Waals surface area contributed by atoms with Crippen molar-refractivity contribution in [3.63, 3.8) is 0 Å². The van der Waals surface area contributed by atoms with E-state index in [1.165, 1.54) is 0 Å². The Morgan fingerprint density at radius 3 is 2.64 bits per heavy atom. The Labute approximate surface area is 211 Å². The van der Waals surface area contributed by atoms with Gasteiger partial charge < -0.3 is 14.9 Å². The number of benzene rings is 1. The number of pyridine rings is 1. The fourth-order valence-electron chi connectivity index (χ4n) is 3.67. The summed E-state index contributed by atoms with van der Waals surface area (Å²) < 4.78 is 32.6. The van der Waals surface area contributed by atoms with Crippen LogP contribution in [0, 0.1) is 6.92 Å². The zero-order valence-corrected chi connectivity index (χ0v) is 21.5. The van der Waals surface area contributed by atoms with E-state index in [0.717, 1.165) is 11.3 Å². The molecule has 1 aliphatic rings. The number of carbonyl (C=O) groups excluding carboxylic acids is 2. The lowest BCUT2D eigenvalue weighted by Gasteiger charge is -2.14. The third-order valence-corrected chi connectivity index (χ3v) is 6.81. The van der Waals surface area contributed by atoms with Gasteiger partial charge in [-0.1, -0.05) is 28.9 Å². The van der Waals surface area contributed by atoms with E-state index >= 15 is 0 Å². The molecule has 2 N–H and O–H groups in total. The van der Waals surface area contributed by atoms with E-state index in [0.29, 0.717) is 31.6 Å². The predicted octanol–water partition coefficient (Wildman–Crippen LogP) is 3.12. The first kappa shape index (κ1) is 27.1. The number of rotatable bonds is 12. The number of esters is 1. The quantitative estimate of drug-likeness (QED) is 0.414. The number of nitrogens with one attached hydrogen (secondary N) is 2. The van der Waals surface area contributed by atoms with Crippen LogP contribution in [0.4, 0.5) is 5.82 Å². The van der Waals surface area contributed by atoms with E-state index in [1.54, 1.807) is 50.2 Å². The fraction of sp³-hybridized carbons (Fsp3) is 0.440. The highest BCUT2D eigenvalue weighted by Gasteiger charge is 2.25. The summed E-state index contributed by atoms with van der Waals surface area (Å²) in [6.07, 6.45) is 1.50. The van der Waals surface area contributed by atoms with Gasteiger partial charge in [0.05, 0.1) is 30.1 Å². The number of carbonyl (C=O) groups is 2. The van der Waals surface area contributed by atoms with E-state index in [1.807, 2.05) is 13.0 Å². The van der Waals surface area contributed by atoms with Crippen molar-refractivity contribution >= 4 is 33.4 Å². The van der Waals surface area contributed by atoms with E-state index in [9.17, 15) is 18.0 Å². The smallest absolute Gasteiger partial charge is 0.307 e. The summed E-state index contributed by atoms with van der Waals surface area (Å²) in [4.78, 5) is 33.7. The Morgan fingerprint density at radius 1 is 1.17 bits per heavy atom. The molecule has 1 aliphatic heterocycles. The van der Waals surface area contributed by atoms with Crippen molar-refractivity contribution in [2.24, 2.45) is 5.16 Å². The zero-order chi connectivity index (χ0) is 26.1. The minimum Gasteiger partial charge on any atom is -0.466 e. The molecule has 3 rings (SSSR count). The summed E-state index contributed by atoms with van der Waals surface area (Å²) in [5.74, 6) is -0.332. The first-order valence-corrected chi connectivity index (χ1v) is 13.3. The van der Waals surface area contributed by atoms with Gasteiger partial charge in [0.25, 0.3) is 10.0 Å². The zero-order valence-electron chi connectivity index (χ0n) is 20.7. The summed E-state index contributed by atoms with van der Waals surface area (Å²) in [5, 5.41) is 6.86. The maximum Gasteiger partial charge on any atom is 0.307 e. The molecule has 0 fully saturated rings. The number of anilines is 1. The lowest BCUT2D eigenvalue weighted by Crippen LogP contribution is -2.36. The second kappa shape index (κ2) is 12.5. The molecule has 2 atom stereocenters. The summed E-state index contributed by atoms with van der Waals surface area (Å²) in [6.45, 7) is 5.67. The highest BCUT2D eigenvalue weighted by atomic mass is 32.2. The van der Waals surface area contributed by atoms with Gasteiger partial charge in [-0.25, -0.2) is 13.4 Å². The van der Waals surface area contributed by atoms with Crippen LogP contribution in [-0.2, 0) is 35.6 Å². The van der Waals surface area contributed by atoms with Crippen LogP contribution in [0.5, 0.6) is 0 Å². The maximum atomic E-state index is 12.6. The van der Waals surface area contributed by atoms with Crippen LogP contribution in [0.15, 0.2) is 52.5 Å². The van der Waals surface area contributed by atoms with Crippen molar-refractivity contribution in [3.8, 4) is 0 Å². The number of hydrogen-bond acceptors (Lipinski definition) is 8. The SMILES string of the molecule is CCOC(=O)CC(C)NC(=O)CC1CC(CCc2cccc(NS(=O)(=O)c3ccc(C)cc3)n2)=NO1. The van der Waals surface area contributed by atoms with E-state index in [2.05, 4.69) is 20.2 Å². The molecule has 0 saturated heterocycles. The summed E-state index contributed by atoms with van der Waals surface area (Å²) >= 11 is 0. The molecule has 0 saturated carbocycles. The third-order valence-electron chi connectivity index (χ3n) is 5.44. The lowest BCUT2D eigenvalue weighted by atomic mass is 10.0. The van der Waals surface area contributed by atoms with Gasteiger partial charge >= 0.3 is 5.97 Å². The number of aromatic nitrogens is 1. The Morgan fingerprint density at radius 2 is 1.92 bits per heavy atom. The average molecular weight is 517 g/mol. The van der Waals surface area contributed by atoms with Crippen LogP contribution in [0.25, 0.3) is 0 Å². The van der Waals surface area contributed by atoms with E-state index in [4.69, 9.17) is 9.57 Å². The molecule has 2 aromatic rings. The molecule has 0 spiro atoms. The molecular weight excluding hydrogens is 484 g/mol. The Hall–Kier alpha value is -3.47. The van der Waals surface area contributed by atoms with Crippen LogP contribution >= 0.6 is 0 Å². The molecule has 36 heavy (non-hydrogen) atoms. The van der Waals surface area contributed by atoms with Crippen molar-refractivity contribution in [3.05, 3.63) is 53.7 Å². The highest BCUT2D eigenvalue weighted by Crippen LogP contribution is 2.19. The van der Waals surface area contributed by atoms with E-state index < -0.39 is 10.0 Å². The van der Waals surface area contributed by atoms with Crippen molar-refractivity contribution in [2.75, 3.05) is 11.3 Å². The molecule has 0 radical (unpaired) electrons. The molecule has 2 heterocycles. The topological polar surface area (TPSA) is 136 Å². The second-order valence-corrected chi connectivity index (χ2v) is 10.4. The number of sulfonamides is 1. The van der Waals surface area contributed by atoms with Crippen LogP contribution < -0.4 is 10.0 Å². The molecule has 11 heteroatoms. The number of ether oxygens (including phenoxy) is 1. The number of amides is 1. The molecule has 1 aromatic carbocycles. The first-order valence-electron chi connectivity index (χ1n) is 11.9. The predicted molar refractivity (Wildman–Crippen MR) is 135 cm³/mol. The third kappa shape index (κ3) is 8.33. The van der Waals surface area contributed by atoms with Crippen LogP contribution in [0.3, 0.4) is 0 Å². The first-order chi connectivity index (χ1) is 17.1. The standard InChI is InChI=1S/C25H32N4O6S/c1-4-34-25(31)14-18(3)26-24(30)16-21-15-20(28-35-21)11-10-19-6-5-7-23(27-19)29-36(32,33)22-12-8-17(2)9-13-22/h5-9,12-13,18,21H,4,10-11,14-16H2,1-3H3,(H,26,30)(H,27,29). The normalized spacial score (nSPS) is 16.0. The highest BCUT2D eigenvalue weighted by molar-refractivity contribution is 7.92.